The highest BCUT2D eigenvalue weighted by atomic mass is 15.2. The first-order valence-corrected chi connectivity index (χ1v) is 7.04. The molecule has 0 spiro atoms. The number of fused-ring (bicyclic) bond motifs is 3. The summed E-state index contributed by atoms with van der Waals surface area (Å²) < 4.78 is 2.13. The highest BCUT2D eigenvalue weighted by Crippen LogP contribution is 2.26. The number of nitrogens with zero attached hydrogens (tertiary/aromatic N) is 3. The van der Waals surface area contributed by atoms with Crippen LogP contribution in [0.4, 0.5) is 0 Å². The lowest BCUT2D eigenvalue weighted by Crippen LogP contribution is -1.95. The third-order valence-electron chi connectivity index (χ3n) is 3.89. The van der Waals surface area contributed by atoms with Gasteiger partial charge >= 0.3 is 0 Å². The van der Waals surface area contributed by atoms with Crippen molar-refractivity contribution in [2.45, 2.75) is 13.8 Å². The van der Waals surface area contributed by atoms with E-state index in [1.165, 1.54) is 10.9 Å². The number of rotatable bonds is 1. The Balaban J connectivity index is 2.08. The molecule has 4 aromatic rings. The van der Waals surface area contributed by atoms with E-state index in [2.05, 4.69) is 77.0 Å². The zero-order valence-corrected chi connectivity index (χ0v) is 12.0. The third-order valence-corrected chi connectivity index (χ3v) is 3.89. The second-order valence-electron chi connectivity index (χ2n) is 5.42. The van der Waals surface area contributed by atoms with Gasteiger partial charge in [0.1, 0.15) is 0 Å². The molecule has 3 nitrogen and oxygen atoms in total. The van der Waals surface area contributed by atoms with Gasteiger partial charge < -0.3 is 0 Å². The predicted octanol–water partition coefficient (Wildman–Crippen LogP) is 4.17. The van der Waals surface area contributed by atoms with Crippen LogP contribution in [0.25, 0.3) is 27.8 Å². The molecule has 2 aromatic carbocycles. The monoisotopic (exact) mass is 273 g/mol. The average Bonchev–Trinajstić information content (AvgIpc) is 2.94. The summed E-state index contributed by atoms with van der Waals surface area (Å²) in [5.41, 5.74) is 4.40. The topological polar surface area (TPSA) is 30.2 Å². The average molecular weight is 273 g/mol. The zero-order chi connectivity index (χ0) is 14.4. The molecule has 0 aliphatic rings. The number of hydrogen-bond donors (Lipinski definition) is 0. The van der Waals surface area contributed by atoms with Crippen molar-refractivity contribution in [1.82, 2.24) is 14.6 Å². The molecule has 0 aliphatic heterocycles. The van der Waals surface area contributed by atoms with Gasteiger partial charge in [-0.3, -0.25) is 4.40 Å². The van der Waals surface area contributed by atoms with E-state index in [4.69, 9.17) is 0 Å². The van der Waals surface area contributed by atoms with Crippen molar-refractivity contribution in [3.05, 3.63) is 65.9 Å². The molecule has 0 radical (unpaired) electrons. The molecule has 0 unspecified atom stereocenters. The smallest absolute Gasteiger partial charge is 0.169 e. The SMILES string of the molecule is Cc1ccc(-c2nnc3c4ccccc4cc(C)n23)cc1. The van der Waals surface area contributed by atoms with Crippen molar-refractivity contribution in [2.24, 2.45) is 0 Å². The van der Waals surface area contributed by atoms with Crippen LogP contribution in [0.3, 0.4) is 0 Å². The lowest BCUT2D eigenvalue weighted by atomic mass is 10.1. The molecule has 2 aromatic heterocycles. The minimum Gasteiger partial charge on any atom is -0.279 e. The molecule has 0 saturated heterocycles. The Morgan fingerprint density at radius 1 is 0.857 bits per heavy atom. The van der Waals surface area contributed by atoms with Crippen LogP contribution in [0.5, 0.6) is 0 Å². The zero-order valence-electron chi connectivity index (χ0n) is 12.0. The largest absolute Gasteiger partial charge is 0.279 e. The van der Waals surface area contributed by atoms with Crippen molar-refractivity contribution in [1.29, 1.82) is 0 Å². The minimum atomic E-state index is 0.897. The Kier molecular flexibility index (Phi) is 2.54. The van der Waals surface area contributed by atoms with E-state index in [1.54, 1.807) is 0 Å². The van der Waals surface area contributed by atoms with Gasteiger partial charge in [-0.25, -0.2) is 0 Å². The second kappa shape index (κ2) is 4.42. The summed E-state index contributed by atoms with van der Waals surface area (Å²) in [5, 5.41) is 11.2. The minimum absolute atomic E-state index is 0.897. The van der Waals surface area contributed by atoms with Crippen LogP contribution in [0, 0.1) is 13.8 Å². The molecule has 0 bridgehead atoms. The maximum atomic E-state index is 4.42. The molecule has 21 heavy (non-hydrogen) atoms. The lowest BCUT2D eigenvalue weighted by molar-refractivity contribution is 1.08. The molecule has 4 rings (SSSR count). The molecule has 0 aliphatic carbocycles. The van der Waals surface area contributed by atoms with Crippen LogP contribution < -0.4 is 0 Å². The quantitative estimate of drug-likeness (QED) is 0.521. The van der Waals surface area contributed by atoms with Crippen molar-refractivity contribution >= 4 is 16.4 Å². The Morgan fingerprint density at radius 3 is 2.43 bits per heavy atom. The van der Waals surface area contributed by atoms with E-state index in [-0.39, 0.29) is 0 Å². The molecule has 102 valence electrons. The molecule has 0 amide bonds. The van der Waals surface area contributed by atoms with Gasteiger partial charge in [0.2, 0.25) is 0 Å². The maximum Gasteiger partial charge on any atom is 0.169 e. The summed E-state index contributed by atoms with van der Waals surface area (Å²) in [6.07, 6.45) is 0. The third kappa shape index (κ3) is 1.82. The number of pyridine rings is 1. The maximum absolute atomic E-state index is 4.42. The van der Waals surface area contributed by atoms with E-state index in [0.29, 0.717) is 0 Å². The van der Waals surface area contributed by atoms with Crippen LogP contribution in [0.2, 0.25) is 0 Å². The molecule has 0 fully saturated rings. The van der Waals surface area contributed by atoms with E-state index in [9.17, 15) is 0 Å². The van der Waals surface area contributed by atoms with Gasteiger partial charge in [-0.1, -0.05) is 54.1 Å². The lowest BCUT2D eigenvalue weighted by Gasteiger charge is -2.07. The summed E-state index contributed by atoms with van der Waals surface area (Å²) in [6, 6.07) is 18.9. The number of aromatic nitrogens is 3. The van der Waals surface area contributed by atoms with Crippen molar-refractivity contribution in [3.8, 4) is 11.4 Å². The first-order chi connectivity index (χ1) is 10.2. The van der Waals surface area contributed by atoms with Crippen LogP contribution >= 0.6 is 0 Å². The van der Waals surface area contributed by atoms with Crippen LogP contribution in [0.1, 0.15) is 11.3 Å². The molecular weight excluding hydrogens is 258 g/mol. The van der Waals surface area contributed by atoms with Gasteiger partial charge in [0, 0.05) is 16.6 Å². The Bertz CT molecular complexity index is 949. The van der Waals surface area contributed by atoms with Gasteiger partial charge in [0.05, 0.1) is 0 Å². The first-order valence-electron chi connectivity index (χ1n) is 7.04. The van der Waals surface area contributed by atoms with Crippen molar-refractivity contribution in [2.75, 3.05) is 0 Å². The fourth-order valence-corrected chi connectivity index (χ4v) is 2.80. The fourth-order valence-electron chi connectivity index (χ4n) is 2.80. The van der Waals surface area contributed by atoms with Crippen LogP contribution in [-0.4, -0.2) is 14.6 Å². The Hall–Kier alpha value is -2.68. The standard InChI is InChI=1S/C18H15N3/c1-12-7-9-14(10-8-12)17-19-20-18-16-6-4-3-5-15(16)11-13(2)21(17)18/h3-11H,1-2H3. The molecule has 0 atom stereocenters. The van der Waals surface area contributed by atoms with Gasteiger partial charge in [0.15, 0.2) is 11.5 Å². The van der Waals surface area contributed by atoms with Crippen LogP contribution in [-0.2, 0) is 0 Å². The summed E-state index contributed by atoms with van der Waals surface area (Å²) >= 11 is 0. The predicted molar refractivity (Wildman–Crippen MR) is 85.4 cm³/mol. The summed E-state index contributed by atoms with van der Waals surface area (Å²) in [5.74, 6) is 0.897. The number of hydrogen-bond acceptors (Lipinski definition) is 2. The summed E-state index contributed by atoms with van der Waals surface area (Å²) in [4.78, 5) is 0. The molecule has 0 saturated carbocycles. The molecule has 0 N–H and O–H groups in total. The fraction of sp³-hybridized carbons (Fsp3) is 0.111. The van der Waals surface area contributed by atoms with Crippen LogP contribution in [0.15, 0.2) is 54.6 Å². The van der Waals surface area contributed by atoms with E-state index in [1.807, 2.05) is 6.07 Å². The van der Waals surface area contributed by atoms with Crippen molar-refractivity contribution in [3.63, 3.8) is 0 Å². The van der Waals surface area contributed by atoms with E-state index < -0.39 is 0 Å². The van der Waals surface area contributed by atoms with Gasteiger partial charge in [-0.15, -0.1) is 10.2 Å². The van der Waals surface area contributed by atoms with E-state index in [0.717, 1.165) is 28.1 Å². The highest BCUT2D eigenvalue weighted by Gasteiger charge is 2.12. The Labute approximate surface area is 122 Å². The molecule has 2 heterocycles. The van der Waals surface area contributed by atoms with Gasteiger partial charge in [-0.05, 0) is 25.3 Å². The molecule has 3 heteroatoms. The molecular formula is C18H15N3. The number of benzene rings is 2. The number of aryl methyl sites for hydroxylation is 2. The normalized spacial score (nSPS) is 11.3. The first kappa shape index (κ1) is 12.1. The summed E-state index contributed by atoms with van der Waals surface area (Å²) in [6.45, 7) is 4.19. The van der Waals surface area contributed by atoms with Gasteiger partial charge in [0.25, 0.3) is 0 Å². The van der Waals surface area contributed by atoms with Crippen molar-refractivity contribution < 1.29 is 0 Å². The second-order valence-corrected chi connectivity index (χ2v) is 5.42. The Morgan fingerprint density at radius 2 is 1.62 bits per heavy atom. The van der Waals surface area contributed by atoms with Gasteiger partial charge in [-0.2, -0.15) is 0 Å². The summed E-state index contributed by atoms with van der Waals surface area (Å²) in [7, 11) is 0. The van der Waals surface area contributed by atoms with E-state index >= 15 is 0 Å². The highest BCUT2D eigenvalue weighted by molar-refractivity contribution is 5.95.